The number of thioether (sulfide) groups is 1. The Kier molecular flexibility index (Phi) is 5.69. The molecule has 25 heavy (non-hydrogen) atoms. The zero-order chi connectivity index (χ0) is 17.5. The van der Waals surface area contributed by atoms with Crippen molar-refractivity contribution >= 4 is 17.7 Å². The van der Waals surface area contributed by atoms with Crippen molar-refractivity contribution in [3.05, 3.63) is 60.2 Å². The van der Waals surface area contributed by atoms with Crippen LogP contribution in [0.4, 0.5) is 0 Å². The van der Waals surface area contributed by atoms with Gasteiger partial charge in [-0.25, -0.2) is 4.79 Å². The zero-order valence-corrected chi connectivity index (χ0v) is 14.4. The number of nitrogens with zero attached hydrogens (tertiary/aromatic N) is 2. The molecule has 6 nitrogen and oxygen atoms in total. The lowest BCUT2D eigenvalue weighted by Crippen LogP contribution is -2.03. The van der Waals surface area contributed by atoms with Gasteiger partial charge in [0.1, 0.15) is 5.75 Å². The van der Waals surface area contributed by atoms with E-state index in [0.717, 1.165) is 5.56 Å². The number of aromatic nitrogens is 2. The highest BCUT2D eigenvalue weighted by atomic mass is 32.2. The van der Waals surface area contributed by atoms with Gasteiger partial charge in [-0.1, -0.05) is 36.0 Å². The molecule has 3 rings (SSSR count). The maximum atomic E-state index is 11.5. The largest absolute Gasteiger partial charge is 0.493 e. The van der Waals surface area contributed by atoms with Crippen molar-refractivity contribution in [3.8, 4) is 17.2 Å². The molecule has 0 fully saturated rings. The summed E-state index contributed by atoms with van der Waals surface area (Å²) < 4.78 is 15.9. The Balaban J connectivity index is 1.49. The number of hydrogen-bond acceptors (Lipinski definition) is 7. The molecule has 3 aromatic rings. The minimum atomic E-state index is -0.390. The Bertz CT molecular complexity index is 836. The maximum Gasteiger partial charge on any atom is 0.337 e. The first kappa shape index (κ1) is 17.0. The van der Waals surface area contributed by atoms with Gasteiger partial charge in [-0.15, -0.1) is 10.2 Å². The van der Waals surface area contributed by atoms with Crippen molar-refractivity contribution < 1.29 is 18.7 Å². The van der Waals surface area contributed by atoms with Crippen LogP contribution in [0, 0.1) is 0 Å². The average molecular weight is 356 g/mol. The Hall–Kier alpha value is -2.80. The molecule has 0 saturated carbocycles. The first-order chi connectivity index (χ1) is 12.3. The highest BCUT2D eigenvalue weighted by molar-refractivity contribution is 7.99. The van der Waals surface area contributed by atoms with E-state index < -0.39 is 0 Å². The molecule has 7 heteroatoms. The fourth-order valence-corrected chi connectivity index (χ4v) is 2.66. The Morgan fingerprint density at radius 3 is 2.76 bits per heavy atom. The second-order valence-electron chi connectivity index (χ2n) is 4.96. The first-order valence-electron chi connectivity index (χ1n) is 7.59. The number of carbonyl (C=O) groups excluding carboxylic acids is 1. The Morgan fingerprint density at radius 1 is 1.12 bits per heavy atom. The lowest BCUT2D eigenvalue weighted by atomic mass is 10.2. The normalized spacial score (nSPS) is 10.4. The van der Waals surface area contributed by atoms with Crippen LogP contribution in [0.5, 0.6) is 5.75 Å². The molecule has 0 unspecified atom stereocenters. The fourth-order valence-electron chi connectivity index (χ4n) is 2.08. The number of hydrogen-bond donors (Lipinski definition) is 0. The average Bonchev–Trinajstić information content (AvgIpc) is 3.14. The third-order valence-corrected chi connectivity index (χ3v) is 4.04. The van der Waals surface area contributed by atoms with E-state index in [9.17, 15) is 4.79 Å². The molecule has 0 amide bonds. The molecule has 0 spiro atoms. The predicted octanol–water partition coefficient (Wildman–Crippen LogP) is 3.69. The summed E-state index contributed by atoms with van der Waals surface area (Å²) >= 11 is 1.41. The van der Waals surface area contributed by atoms with Gasteiger partial charge in [0.25, 0.3) is 5.22 Å². The van der Waals surface area contributed by atoms with Gasteiger partial charge in [0.2, 0.25) is 5.89 Å². The lowest BCUT2D eigenvalue weighted by Gasteiger charge is -2.06. The molecule has 1 heterocycles. The molecule has 0 radical (unpaired) electrons. The smallest absolute Gasteiger partial charge is 0.337 e. The van der Waals surface area contributed by atoms with Gasteiger partial charge in [0.15, 0.2) is 0 Å². The molecule has 0 N–H and O–H groups in total. The number of carbonyl (C=O) groups is 1. The van der Waals surface area contributed by atoms with Crippen LogP contribution < -0.4 is 4.74 Å². The highest BCUT2D eigenvalue weighted by Gasteiger charge is 2.09. The summed E-state index contributed by atoms with van der Waals surface area (Å²) in [5.74, 6) is 1.35. The van der Waals surface area contributed by atoms with E-state index in [-0.39, 0.29) is 5.97 Å². The summed E-state index contributed by atoms with van der Waals surface area (Å²) in [5.41, 5.74) is 1.34. The van der Waals surface area contributed by atoms with Crippen LogP contribution in [0.1, 0.15) is 10.4 Å². The van der Waals surface area contributed by atoms with Crippen LogP contribution in [0.3, 0.4) is 0 Å². The molecule has 0 aliphatic carbocycles. The molecule has 1 aromatic heterocycles. The molecule has 2 aromatic carbocycles. The maximum absolute atomic E-state index is 11.5. The van der Waals surface area contributed by atoms with Crippen molar-refractivity contribution in [1.82, 2.24) is 10.2 Å². The van der Waals surface area contributed by atoms with E-state index in [0.29, 0.717) is 34.8 Å². The standard InChI is InChI=1S/C18H16N2O4S/c1-22-17(21)14-8-5-9-15(12-14)23-10-11-25-18-20-19-16(24-18)13-6-3-2-4-7-13/h2-9,12H,10-11H2,1H3. The Morgan fingerprint density at radius 2 is 1.96 bits per heavy atom. The van der Waals surface area contributed by atoms with Crippen LogP contribution in [0.2, 0.25) is 0 Å². The molecular formula is C18H16N2O4S. The van der Waals surface area contributed by atoms with Crippen molar-refractivity contribution in [2.45, 2.75) is 5.22 Å². The van der Waals surface area contributed by atoms with Crippen LogP contribution >= 0.6 is 11.8 Å². The lowest BCUT2D eigenvalue weighted by molar-refractivity contribution is 0.0600. The third kappa shape index (κ3) is 4.60. The van der Waals surface area contributed by atoms with Gasteiger partial charge in [0, 0.05) is 11.3 Å². The first-order valence-corrected chi connectivity index (χ1v) is 8.58. The number of ether oxygens (including phenoxy) is 2. The van der Waals surface area contributed by atoms with E-state index in [1.165, 1.54) is 18.9 Å². The molecule has 0 bridgehead atoms. The summed E-state index contributed by atoms with van der Waals surface area (Å²) in [6.07, 6.45) is 0. The summed E-state index contributed by atoms with van der Waals surface area (Å²) in [5, 5.41) is 8.54. The highest BCUT2D eigenvalue weighted by Crippen LogP contribution is 2.23. The summed E-state index contributed by atoms with van der Waals surface area (Å²) in [4.78, 5) is 11.5. The summed E-state index contributed by atoms with van der Waals surface area (Å²) in [6, 6.07) is 16.5. The SMILES string of the molecule is COC(=O)c1cccc(OCCSc2nnc(-c3ccccc3)o2)c1. The van der Waals surface area contributed by atoms with E-state index in [4.69, 9.17) is 9.15 Å². The van der Waals surface area contributed by atoms with Gasteiger partial charge in [-0.2, -0.15) is 0 Å². The van der Waals surface area contributed by atoms with Crippen LogP contribution in [0.15, 0.2) is 64.2 Å². The zero-order valence-electron chi connectivity index (χ0n) is 13.5. The molecule has 0 aliphatic rings. The molecule has 0 aliphatic heterocycles. The predicted molar refractivity (Wildman–Crippen MR) is 93.7 cm³/mol. The van der Waals surface area contributed by atoms with Crippen LogP contribution in [-0.4, -0.2) is 35.6 Å². The number of methoxy groups -OCH3 is 1. The fraction of sp³-hybridized carbons (Fsp3) is 0.167. The summed E-state index contributed by atoms with van der Waals surface area (Å²) in [7, 11) is 1.35. The molecule has 0 saturated heterocycles. The minimum Gasteiger partial charge on any atom is -0.493 e. The van der Waals surface area contributed by atoms with Gasteiger partial charge in [-0.05, 0) is 30.3 Å². The summed E-state index contributed by atoms with van der Waals surface area (Å²) in [6.45, 7) is 0.443. The monoisotopic (exact) mass is 356 g/mol. The molecule has 128 valence electrons. The molecule has 0 atom stereocenters. The number of esters is 1. The quantitative estimate of drug-likeness (QED) is 0.363. The minimum absolute atomic E-state index is 0.390. The van der Waals surface area contributed by atoms with Crippen molar-refractivity contribution in [2.75, 3.05) is 19.5 Å². The van der Waals surface area contributed by atoms with Crippen molar-refractivity contribution in [3.63, 3.8) is 0 Å². The number of benzene rings is 2. The van der Waals surface area contributed by atoms with Crippen molar-refractivity contribution in [2.24, 2.45) is 0 Å². The van der Waals surface area contributed by atoms with E-state index in [2.05, 4.69) is 14.9 Å². The van der Waals surface area contributed by atoms with Crippen molar-refractivity contribution in [1.29, 1.82) is 0 Å². The number of rotatable bonds is 7. The van der Waals surface area contributed by atoms with Gasteiger partial charge < -0.3 is 13.9 Å². The van der Waals surface area contributed by atoms with E-state index in [1.807, 2.05) is 30.3 Å². The van der Waals surface area contributed by atoms with Gasteiger partial charge in [-0.3, -0.25) is 0 Å². The van der Waals surface area contributed by atoms with Crippen LogP contribution in [0.25, 0.3) is 11.5 Å². The van der Waals surface area contributed by atoms with Gasteiger partial charge >= 0.3 is 5.97 Å². The Labute approximate surface area is 149 Å². The second kappa shape index (κ2) is 8.34. The third-order valence-electron chi connectivity index (χ3n) is 3.26. The topological polar surface area (TPSA) is 74.5 Å². The van der Waals surface area contributed by atoms with E-state index in [1.54, 1.807) is 24.3 Å². The van der Waals surface area contributed by atoms with Crippen LogP contribution in [-0.2, 0) is 4.74 Å². The van der Waals surface area contributed by atoms with Gasteiger partial charge in [0.05, 0.1) is 19.3 Å². The second-order valence-corrected chi connectivity index (χ2v) is 6.00. The molecular weight excluding hydrogens is 340 g/mol. The van der Waals surface area contributed by atoms with E-state index >= 15 is 0 Å².